The summed E-state index contributed by atoms with van der Waals surface area (Å²) in [6.07, 6.45) is 1.50. The number of furan rings is 1. The highest BCUT2D eigenvalue weighted by atomic mass is 35.5. The molecular weight excluding hydrogens is 436 g/mol. The Hall–Kier alpha value is -2.94. The first-order valence-corrected chi connectivity index (χ1v) is 11.2. The van der Waals surface area contributed by atoms with E-state index in [1.165, 1.54) is 17.6 Å². The van der Waals surface area contributed by atoms with E-state index < -0.39 is 0 Å². The lowest BCUT2D eigenvalue weighted by Crippen LogP contribution is -2.48. The fourth-order valence-electron chi connectivity index (χ4n) is 3.82. The molecule has 1 amide bonds. The molecule has 0 aliphatic carbocycles. The topological polar surface area (TPSA) is 82.4 Å². The predicted octanol–water partition coefficient (Wildman–Crippen LogP) is 3.86. The second kappa shape index (κ2) is 8.30. The molecule has 4 aromatic rings. The first-order chi connectivity index (χ1) is 15.1. The van der Waals surface area contributed by atoms with Crippen molar-refractivity contribution >= 4 is 39.1 Å². The molecule has 7 nitrogen and oxygen atoms in total. The van der Waals surface area contributed by atoms with E-state index in [9.17, 15) is 9.59 Å². The molecule has 9 heteroatoms. The van der Waals surface area contributed by atoms with Crippen LogP contribution in [0.1, 0.15) is 16.4 Å². The molecule has 31 heavy (non-hydrogen) atoms. The number of thiophene rings is 1. The fraction of sp³-hybridized carbons (Fsp3) is 0.227. The number of benzene rings is 1. The highest BCUT2D eigenvalue weighted by Crippen LogP contribution is 2.34. The summed E-state index contributed by atoms with van der Waals surface area (Å²) in [4.78, 5) is 37.5. The van der Waals surface area contributed by atoms with Crippen LogP contribution in [-0.4, -0.2) is 51.9 Å². The Morgan fingerprint density at radius 1 is 1.13 bits per heavy atom. The summed E-state index contributed by atoms with van der Waals surface area (Å²) in [6.45, 7) is 3.11. The number of halogens is 1. The van der Waals surface area contributed by atoms with Gasteiger partial charge in [-0.1, -0.05) is 29.8 Å². The number of rotatable bonds is 4. The van der Waals surface area contributed by atoms with Crippen LogP contribution in [0.3, 0.4) is 0 Å². The molecule has 1 aromatic carbocycles. The van der Waals surface area contributed by atoms with Crippen LogP contribution < -0.4 is 5.56 Å². The van der Waals surface area contributed by atoms with Crippen molar-refractivity contribution < 1.29 is 9.21 Å². The zero-order chi connectivity index (χ0) is 21.4. The summed E-state index contributed by atoms with van der Waals surface area (Å²) in [5, 5.41) is 3.10. The van der Waals surface area contributed by atoms with E-state index in [-0.39, 0.29) is 11.5 Å². The number of aromatic amines is 1. The van der Waals surface area contributed by atoms with Crippen molar-refractivity contribution in [3.8, 4) is 11.1 Å². The van der Waals surface area contributed by atoms with Crippen molar-refractivity contribution in [1.82, 2.24) is 19.8 Å². The molecule has 5 rings (SSSR count). The third kappa shape index (κ3) is 3.89. The van der Waals surface area contributed by atoms with Gasteiger partial charge >= 0.3 is 0 Å². The van der Waals surface area contributed by atoms with E-state index in [2.05, 4.69) is 14.9 Å². The molecule has 0 atom stereocenters. The molecule has 0 bridgehead atoms. The highest BCUT2D eigenvalue weighted by molar-refractivity contribution is 7.17. The van der Waals surface area contributed by atoms with Gasteiger partial charge in [0.25, 0.3) is 11.5 Å². The third-order valence-electron chi connectivity index (χ3n) is 5.42. The summed E-state index contributed by atoms with van der Waals surface area (Å²) in [6, 6.07) is 10.9. The molecule has 0 spiro atoms. The number of amides is 1. The molecule has 1 saturated heterocycles. The van der Waals surface area contributed by atoms with Crippen LogP contribution >= 0.6 is 22.9 Å². The van der Waals surface area contributed by atoms with Crippen LogP contribution in [-0.2, 0) is 6.54 Å². The molecule has 3 aromatic heterocycles. The number of aromatic nitrogens is 2. The molecule has 1 aliphatic rings. The lowest BCUT2D eigenvalue weighted by molar-refractivity contribution is 0.0595. The second-order valence-corrected chi connectivity index (χ2v) is 8.63. The molecule has 4 heterocycles. The Balaban J connectivity index is 1.31. The van der Waals surface area contributed by atoms with Crippen molar-refractivity contribution in [2.24, 2.45) is 0 Å². The molecule has 0 radical (unpaired) electrons. The van der Waals surface area contributed by atoms with Gasteiger partial charge in [-0.25, -0.2) is 4.98 Å². The monoisotopic (exact) mass is 454 g/mol. The zero-order valence-electron chi connectivity index (χ0n) is 16.5. The van der Waals surface area contributed by atoms with E-state index in [0.717, 1.165) is 11.1 Å². The number of H-pyrrole nitrogens is 1. The van der Waals surface area contributed by atoms with Crippen LogP contribution in [0.4, 0.5) is 0 Å². The molecule has 0 saturated carbocycles. The third-order valence-corrected chi connectivity index (χ3v) is 6.62. The van der Waals surface area contributed by atoms with Crippen molar-refractivity contribution in [2.75, 3.05) is 26.2 Å². The second-order valence-electron chi connectivity index (χ2n) is 7.37. The number of fused-ring (bicyclic) bond motifs is 1. The normalized spacial score (nSPS) is 14.9. The fourth-order valence-corrected chi connectivity index (χ4v) is 5.02. The molecule has 1 fully saturated rings. The van der Waals surface area contributed by atoms with E-state index in [4.69, 9.17) is 16.0 Å². The van der Waals surface area contributed by atoms with Gasteiger partial charge in [-0.05, 0) is 18.2 Å². The molecule has 0 unspecified atom stereocenters. The summed E-state index contributed by atoms with van der Waals surface area (Å²) in [5.41, 5.74) is 1.46. The number of nitrogens with one attached hydrogen (secondary N) is 1. The van der Waals surface area contributed by atoms with Gasteiger partial charge < -0.3 is 14.3 Å². The largest absolute Gasteiger partial charge is 0.459 e. The van der Waals surface area contributed by atoms with E-state index in [1.54, 1.807) is 17.0 Å². The van der Waals surface area contributed by atoms with Gasteiger partial charge in [-0.15, -0.1) is 11.3 Å². The van der Waals surface area contributed by atoms with Crippen molar-refractivity contribution in [3.63, 3.8) is 0 Å². The SMILES string of the molecule is O=C(c1ccco1)N1CCN(Cc2nc3scc(-c4ccccc4Cl)c3c(=O)[nH]2)CC1. The number of carbonyl (C=O) groups excluding carboxylic acids is 1. The van der Waals surface area contributed by atoms with Crippen LogP contribution in [0.15, 0.2) is 57.3 Å². The molecular formula is C22H19ClN4O3S. The van der Waals surface area contributed by atoms with E-state index in [1.807, 2.05) is 29.6 Å². The quantitative estimate of drug-likeness (QED) is 0.506. The summed E-state index contributed by atoms with van der Waals surface area (Å²) in [5.74, 6) is 0.885. The van der Waals surface area contributed by atoms with Crippen LogP contribution in [0.5, 0.6) is 0 Å². The van der Waals surface area contributed by atoms with Gasteiger partial charge in [-0.3, -0.25) is 14.5 Å². The smallest absolute Gasteiger partial charge is 0.289 e. The number of hydrogen-bond donors (Lipinski definition) is 1. The number of piperazine rings is 1. The van der Waals surface area contributed by atoms with E-state index in [0.29, 0.717) is 59.5 Å². The van der Waals surface area contributed by atoms with Crippen molar-refractivity contribution in [3.05, 3.63) is 75.0 Å². The van der Waals surface area contributed by atoms with Crippen LogP contribution in [0, 0.1) is 0 Å². The lowest BCUT2D eigenvalue weighted by Gasteiger charge is -2.33. The van der Waals surface area contributed by atoms with Crippen molar-refractivity contribution in [2.45, 2.75) is 6.54 Å². The van der Waals surface area contributed by atoms with Crippen LogP contribution in [0.2, 0.25) is 5.02 Å². The minimum Gasteiger partial charge on any atom is -0.459 e. The molecule has 1 aliphatic heterocycles. The summed E-state index contributed by atoms with van der Waals surface area (Å²) in [7, 11) is 0. The van der Waals surface area contributed by atoms with Gasteiger partial charge in [0.1, 0.15) is 10.7 Å². The summed E-state index contributed by atoms with van der Waals surface area (Å²) < 4.78 is 5.20. The standard InChI is InChI=1S/C22H19ClN4O3S/c23-16-5-2-1-4-14(16)15-13-31-21-19(15)20(28)24-18(25-21)12-26-7-9-27(10-8-26)22(29)17-6-3-11-30-17/h1-6,11,13H,7-10,12H2,(H,24,25,28). The van der Waals surface area contributed by atoms with Gasteiger partial charge in [0, 0.05) is 47.7 Å². The molecule has 1 N–H and O–H groups in total. The number of nitrogens with zero attached hydrogens (tertiary/aromatic N) is 3. The Kier molecular flexibility index (Phi) is 5.35. The van der Waals surface area contributed by atoms with Crippen molar-refractivity contribution in [1.29, 1.82) is 0 Å². The Morgan fingerprint density at radius 2 is 1.94 bits per heavy atom. The minimum absolute atomic E-state index is 0.0942. The Bertz CT molecular complexity index is 1290. The first-order valence-electron chi connectivity index (χ1n) is 9.90. The highest BCUT2D eigenvalue weighted by Gasteiger charge is 2.24. The number of carbonyl (C=O) groups is 1. The number of hydrogen-bond acceptors (Lipinski definition) is 6. The predicted molar refractivity (Wildman–Crippen MR) is 121 cm³/mol. The Morgan fingerprint density at radius 3 is 2.68 bits per heavy atom. The lowest BCUT2D eigenvalue weighted by atomic mass is 10.1. The first kappa shape index (κ1) is 20.0. The van der Waals surface area contributed by atoms with E-state index >= 15 is 0 Å². The minimum atomic E-state index is -0.164. The average molecular weight is 455 g/mol. The maximum Gasteiger partial charge on any atom is 0.289 e. The van der Waals surface area contributed by atoms with Gasteiger partial charge in [0.05, 0.1) is 18.2 Å². The van der Waals surface area contributed by atoms with Gasteiger partial charge in [-0.2, -0.15) is 0 Å². The summed E-state index contributed by atoms with van der Waals surface area (Å²) >= 11 is 7.77. The average Bonchev–Trinajstić information content (AvgIpc) is 3.45. The maximum atomic E-state index is 12.9. The van der Waals surface area contributed by atoms with Crippen LogP contribution in [0.25, 0.3) is 21.3 Å². The maximum absolute atomic E-state index is 12.9. The van der Waals surface area contributed by atoms with Gasteiger partial charge in [0.2, 0.25) is 0 Å². The van der Waals surface area contributed by atoms with Gasteiger partial charge in [0.15, 0.2) is 5.76 Å². The zero-order valence-corrected chi connectivity index (χ0v) is 18.1. The molecule has 158 valence electrons. The Labute approximate surface area is 186 Å².